The van der Waals surface area contributed by atoms with Crippen LogP contribution in [0.2, 0.25) is 0 Å². The molecule has 92 valence electrons. The molecule has 1 aromatic heterocycles. The van der Waals surface area contributed by atoms with Crippen LogP contribution in [-0.4, -0.2) is 8.42 Å². The Morgan fingerprint density at radius 3 is 2.72 bits per heavy atom. The number of anilines is 2. The monoisotopic (exact) mass is 279 g/mol. The number of nitrogens with zero attached hydrogens (tertiary/aromatic N) is 1. The molecule has 1 heterocycles. The van der Waals surface area contributed by atoms with Gasteiger partial charge in [-0.2, -0.15) is 16.6 Å². The third-order valence-electron chi connectivity index (χ3n) is 2.19. The van der Waals surface area contributed by atoms with Gasteiger partial charge in [0.15, 0.2) is 0 Å². The van der Waals surface area contributed by atoms with Crippen molar-refractivity contribution in [2.24, 2.45) is 0 Å². The summed E-state index contributed by atoms with van der Waals surface area (Å²) >= 11 is 1.38. The lowest BCUT2D eigenvalue weighted by atomic mass is 10.2. The number of hydrogen-bond donors (Lipinski definition) is 2. The fourth-order valence-electron chi connectivity index (χ4n) is 1.40. The average Bonchev–Trinajstić information content (AvgIpc) is 2.80. The van der Waals surface area contributed by atoms with E-state index in [4.69, 9.17) is 11.0 Å². The van der Waals surface area contributed by atoms with Crippen LogP contribution in [0.5, 0.6) is 0 Å². The summed E-state index contributed by atoms with van der Waals surface area (Å²) in [6, 6.07) is 7.57. The maximum Gasteiger partial charge on any atom is 0.263 e. The van der Waals surface area contributed by atoms with Crippen LogP contribution >= 0.6 is 11.3 Å². The second-order valence-electron chi connectivity index (χ2n) is 3.48. The van der Waals surface area contributed by atoms with Crippen molar-refractivity contribution in [3.8, 4) is 6.07 Å². The number of nitrogens with one attached hydrogen (secondary N) is 1. The van der Waals surface area contributed by atoms with E-state index in [-0.39, 0.29) is 10.5 Å². The van der Waals surface area contributed by atoms with Crippen LogP contribution in [-0.2, 0) is 10.0 Å². The molecule has 0 aliphatic carbocycles. The minimum Gasteiger partial charge on any atom is -0.399 e. The van der Waals surface area contributed by atoms with Crippen LogP contribution in [0.15, 0.2) is 39.9 Å². The van der Waals surface area contributed by atoms with E-state index in [1.807, 2.05) is 6.07 Å². The molecule has 0 amide bonds. The Hall–Kier alpha value is -2.04. The molecule has 0 aliphatic heterocycles. The van der Waals surface area contributed by atoms with E-state index in [0.29, 0.717) is 11.4 Å². The molecular weight excluding hydrogens is 270 g/mol. The van der Waals surface area contributed by atoms with E-state index in [0.717, 1.165) is 0 Å². The molecule has 0 saturated carbocycles. The van der Waals surface area contributed by atoms with Crippen molar-refractivity contribution in [1.29, 1.82) is 5.26 Å². The zero-order chi connectivity index (χ0) is 13.2. The average molecular weight is 279 g/mol. The maximum absolute atomic E-state index is 12.1. The van der Waals surface area contributed by atoms with Crippen LogP contribution in [0.1, 0.15) is 5.56 Å². The number of nitrogens with two attached hydrogens (primary N) is 1. The topological polar surface area (TPSA) is 96.0 Å². The highest BCUT2D eigenvalue weighted by atomic mass is 32.2. The fourth-order valence-corrected chi connectivity index (χ4v) is 3.25. The van der Waals surface area contributed by atoms with Crippen molar-refractivity contribution in [1.82, 2.24) is 0 Å². The second-order valence-corrected chi connectivity index (χ2v) is 5.92. The highest BCUT2D eigenvalue weighted by molar-refractivity contribution is 7.92. The molecule has 5 nitrogen and oxygen atoms in total. The van der Waals surface area contributed by atoms with Crippen LogP contribution in [0, 0.1) is 11.3 Å². The highest BCUT2D eigenvalue weighted by Gasteiger charge is 2.19. The third kappa shape index (κ3) is 2.45. The number of thiophene rings is 1. The number of benzene rings is 1. The van der Waals surface area contributed by atoms with E-state index in [1.54, 1.807) is 16.8 Å². The van der Waals surface area contributed by atoms with Gasteiger partial charge in [0, 0.05) is 11.1 Å². The van der Waals surface area contributed by atoms with Gasteiger partial charge in [-0.05, 0) is 29.6 Å². The van der Waals surface area contributed by atoms with Gasteiger partial charge in [-0.1, -0.05) is 0 Å². The highest BCUT2D eigenvalue weighted by Crippen LogP contribution is 2.22. The van der Waals surface area contributed by atoms with E-state index in [2.05, 4.69) is 4.72 Å². The van der Waals surface area contributed by atoms with E-state index >= 15 is 0 Å². The standard InChI is InChI=1S/C11H9N3O2S2/c12-6-8-5-9(13)1-2-11(8)18(15,16)14-10-3-4-17-7-10/h1-5,7,14H,13H2. The normalized spacial score (nSPS) is 10.8. The number of nitriles is 1. The predicted octanol–water partition coefficient (Wildman–Crippen LogP) is 2.00. The minimum absolute atomic E-state index is 0.0257. The van der Waals surface area contributed by atoms with Gasteiger partial charge < -0.3 is 5.73 Å². The first-order valence-electron chi connectivity index (χ1n) is 4.87. The molecule has 0 unspecified atom stereocenters. The number of sulfonamides is 1. The van der Waals surface area contributed by atoms with Crippen molar-refractivity contribution in [2.45, 2.75) is 4.90 Å². The first-order valence-corrected chi connectivity index (χ1v) is 7.30. The predicted molar refractivity (Wildman–Crippen MR) is 70.7 cm³/mol. The van der Waals surface area contributed by atoms with Gasteiger partial charge in [0.1, 0.15) is 11.0 Å². The molecule has 3 N–H and O–H groups in total. The second kappa shape index (κ2) is 4.68. The molecule has 0 saturated heterocycles. The van der Waals surface area contributed by atoms with Crippen molar-refractivity contribution >= 4 is 32.7 Å². The Morgan fingerprint density at radius 1 is 1.33 bits per heavy atom. The Balaban J connectivity index is 2.45. The molecule has 2 aromatic rings. The van der Waals surface area contributed by atoms with E-state index in [1.165, 1.54) is 29.5 Å². The van der Waals surface area contributed by atoms with E-state index in [9.17, 15) is 8.42 Å². The summed E-state index contributed by atoms with van der Waals surface area (Å²) in [7, 11) is -3.76. The minimum atomic E-state index is -3.76. The summed E-state index contributed by atoms with van der Waals surface area (Å²) in [6.45, 7) is 0. The first kappa shape index (κ1) is 12.4. The Labute approximate surface area is 109 Å². The Kier molecular flexibility index (Phi) is 3.23. The smallest absolute Gasteiger partial charge is 0.263 e. The maximum atomic E-state index is 12.1. The fraction of sp³-hybridized carbons (Fsp3) is 0. The summed E-state index contributed by atoms with van der Waals surface area (Å²) in [4.78, 5) is -0.0783. The van der Waals surface area contributed by atoms with Crippen molar-refractivity contribution < 1.29 is 8.42 Å². The largest absolute Gasteiger partial charge is 0.399 e. The summed E-state index contributed by atoms with van der Waals surface area (Å²) < 4.78 is 26.6. The van der Waals surface area contributed by atoms with Crippen molar-refractivity contribution in [3.63, 3.8) is 0 Å². The van der Waals surface area contributed by atoms with Gasteiger partial charge in [-0.15, -0.1) is 0 Å². The van der Waals surface area contributed by atoms with E-state index < -0.39 is 10.0 Å². The van der Waals surface area contributed by atoms with Crippen molar-refractivity contribution in [3.05, 3.63) is 40.6 Å². The molecule has 0 bridgehead atoms. The van der Waals surface area contributed by atoms with Gasteiger partial charge in [0.05, 0.1) is 11.3 Å². The molecule has 2 rings (SSSR count). The molecule has 0 atom stereocenters. The van der Waals surface area contributed by atoms with Crippen LogP contribution in [0.3, 0.4) is 0 Å². The first-order chi connectivity index (χ1) is 8.53. The van der Waals surface area contributed by atoms with Gasteiger partial charge in [-0.3, -0.25) is 4.72 Å². The Morgan fingerprint density at radius 2 is 2.11 bits per heavy atom. The third-order valence-corrected chi connectivity index (χ3v) is 4.31. The molecular formula is C11H9N3O2S2. The van der Waals surface area contributed by atoms with Crippen LogP contribution in [0.4, 0.5) is 11.4 Å². The van der Waals surface area contributed by atoms with Crippen molar-refractivity contribution in [2.75, 3.05) is 10.5 Å². The summed E-state index contributed by atoms with van der Waals surface area (Å²) in [5.41, 5.74) is 6.36. The zero-order valence-electron chi connectivity index (χ0n) is 9.12. The quantitative estimate of drug-likeness (QED) is 0.840. The SMILES string of the molecule is N#Cc1cc(N)ccc1S(=O)(=O)Nc1ccsc1. The lowest BCUT2D eigenvalue weighted by Gasteiger charge is -2.08. The summed E-state index contributed by atoms with van der Waals surface area (Å²) in [6.07, 6.45) is 0. The molecule has 7 heteroatoms. The number of rotatable bonds is 3. The zero-order valence-corrected chi connectivity index (χ0v) is 10.8. The molecule has 1 aromatic carbocycles. The van der Waals surface area contributed by atoms with Gasteiger partial charge in [-0.25, -0.2) is 8.42 Å². The summed E-state index contributed by atoms with van der Waals surface area (Å²) in [5.74, 6) is 0. The van der Waals surface area contributed by atoms with Gasteiger partial charge in [0.25, 0.3) is 10.0 Å². The van der Waals surface area contributed by atoms with Crippen LogP contribution in [0.25, 0.3) is 0 Å². The molecule has 0 aliphatic rings. The number of nitrogen functional groups attached to an aromatic ring is 1. The molecule has 18 heavy (non-hydrogen) atoms. The molecule has 0 radical (unpaired) electrons. The molecule has 0 fully saturated rings. The van der Waals surface area contributed by atoms with Crippen LogP contribution < -0.4 is 10.5 Å². The number of hydrogen-bond acceptors (Lipinski definition) is 5. The Bertz CT molecular complexity index is 700. The lowest BCUT2D eigenvalue weighted by molar-refractivity contribution is 0.601. The summed E-state index contributed by atoms with van der Waals surface area (Å²) in [5, 5.41) is 12.4. The van der Waals surface area contributed by atoms with Gasteiger partial charge >= 0.3 is 0 Å². The molecule has 0 spiro atoms. The van der Waals surface area contributed by atoms with Gasteiger partial charge in [0.2, 0.25) is 0 Å². The lowest BCUT2D eigenvalue weighted by Crippen LogP contribution is -2.14.